The number of hydrogen-bond acceptors (Lipinski definition) is 4. The van der Waals surface area contributed by atoms with E-state index in [0.29, 0.717) is 28.3 Å². The average molecular weight is 361 g/mol. The third-order valence-corrected chi connectivity index (χ3v) is 3.91. The van der Waals surface area contributed by atoms with Crippen LogP contribution in [-0.2, 0) is 4.79 Å². The Kier molecular flexibility index (Phi) is 5.84. The lowest BCUT2D eigenvalue weighted by Gasteiger charge is -2.12. The maximum absolute atomic E-state index is 12.7. The fourth-order valence-corrected chi connectivity index (χ4v) is 2.60. The van der Waals surface area contributed by atoms with Gasteiger partial charge >= 0.3 is 0 Å². The quantitative estimate of drug-likeness (QED) is 0.647. The molecule has 1 amide bonds. The number of amides is 1. The highest BCUT2D eigenvalue weighted by Gasteiger charge is 2.15. The lowest BCUT2D eigenvalue weighted by atomic mass is 10.0. The summed E-state index contributed by atoms with van der Waals surface area (Å²) in [6.45, 7) is -0.200. The Hall–Kier alpha value is -3.60. The number of hydrogen-bond donors (Lipinski definition) is 1. The minimum absolute atomic E-state index is 0.155. The fourth-order valence-electron chi connectivity index (χ4n) is 2.60. The van der Waals surface area contributed by atoms with Crippen LogP contribution in [0.3, 0.4) is 0 Å². The summed E-state index contributed by atoms with van der Waals surface area (Å²) in [6, 6.07) is 22.9. The van der Waals surface area contributed by atoms with E-state index in [9.17, 15) is 9.59 Å². The Morgan fingerprint density at radius 3 is 2.19 bits per heavy atom. The molecule has 0 fully saturated rings. The van der Waals surface area contributed by atoms with Crippen molar-refractivity contribution in [3.05, 3.63) is 90.0 Å². The molecule has 0 radical (unpaired) electrons. The zero-order chi connectivity index (χ0) is 19.1. The maximum atomic E-state index is 12.7. The van der Waals surface area contributed by atoms with Gasteiger partial charge in [0.2, 0.25) is 0 Å². The Morgan fingerprint density at radius 2 is 1.44 bits per heavy atom. The normalized spacial score (nSPS) is 10.1. The topological polar surface area (TPSA) is 64.6 Å². The lowest BCUT2D eigenvalue weighted by molar-refractivity contribution is -0.118. The van der Waals surface area contributed by atoms with E-state index in [1.54, 1.807) is 66.7 Å². The molecular formula is C22H19NO4. The summed E-state index contributed by atoms with van der Waals surface area (Å²) in [5.74, 6) is 0.500. The van der Waals surface area contributed by atoms with Gasteiger partial charge in [-0.1, -0.05) is 54.6 Å². The standard InChI is InChI=1S/C22H19NO4/c1-26-19-13-7-8-14-20(19)27-15-21(24)23-18-12-6-5-11-17(18)22(25)16-9-3-2-4-10-16/h2-14H,15H2,1H3,(H,23,24). The summed E-state index contributed by atoms with van der Waals surface area (Å²) < 4.78 is 10.7. The molecule has 0 saturated carbocycles. The van der Waals surface area contributed by atoms with Gasteiger partial charge in [0.1, 0.15) is 0 Å². The monoisotopic (exact) mass is 361 g/mol. The van der Waals surface area contributed by atoms with E-state index in [0.717, 1.165) is 0 Å². The molecule has 0 aliphatic heterocycles. The van der Waals surface area contributed by atoms with Crippen LogP contribution in [0.4, 0.5) is 5.69 Å². The van der Waals surface area contributed by atoms with Crippen molar-refractivity contribution in [3.8, 4) is 11.5 Å². The molecule has 0 aromatic heterocycles. The predicted octanol–water partition coefficient (Wildman–Crippen LogP) is 3.94. The fraction of sp³-hybridized carbons (Fsp3) is 0.0909. The first kappa shape index (κ1) is 18.2. The lowest BCUT2D eigenvalue weighted by Crippen LogP contribution is -2.21. The Morgan fingerprint density at radius 1 is 0.815 bits per heavy atom. The number of rotatable bonds is 7. The Balaban J connectivity index is 1.71. The first-order chi connectivity index (χ1) is 13.2. The second-order valence-electron chi connectivity index (χ2n) is 5.73. The van der Waals surface area contributed by atoms with E-state index in [1.807, 2.05) is 12.1 Å². The third kappa shape index (κ3) is 4.52. The van der Waals surface area contributed by atoms with Gasteiger partial charge in [0.05, 0.1) is 12.8 Å². The van der Waals surface area contributed by atoms with Crippen LogP contribution in [0.15, 0.2) is 78.9 Å². The van der Waals surface area contributed by atoms with Gasteiger partial charge in [-0.15, -0.1) is 0 Å². The van der Waals surface area contributed by atoms with Crippen molar-refractivity contribution in [2.45, 2.75) is 0 Å². The number of benzene rings is 3. The molecule has 1 N–H and O–H groups in total. The first-order valence-electron chi connectivity index (χ1n) is 8.43. The van der Waals surface area contributed by atoms with Crippen LogP contribution >= 0.6 is 0 Å². The van der Waals surface area contributed by atoms with Gasteiger partial charge in [-0.05, 0) is 24.3 Å². The number of carbonyl (C=O) groups is 2. The summed E-state index contributed by atoms with van der Waals surface area (Å²) in [4.78, 5) is 25.0. The second kappa shape index (κ2) is 8.67. The maximum Gasteiger partial charge on any atom is 0.262 e. The Labute approximate surface area is 157 Å². The molecule has 136 valence electrons. The molecule has 0 saturated heterocycles. The zero-order valence-corrected chi connectivity index (χ0v) is 14.8. The molecule has 0 heterocycles. The first-order valence-corrected chi connectivity index (χ1v) is 8.43. The molecule has 0 bridgehead atoms. The zero-order valence-electron chi connectivity index (χ0n) is 14.8. The second-order valence-corrected chi connectivity index (χ2v) is 5.73. The van der Waals surface area contributed by atoms with Gasteiger partial charge in [0.15, 0.2) is 23.9 Å². The largest absolute Gasteiger partial charge is 0.493 e. The average Bonchev–Trinajstić information content (AvgIpc) is 2.73. The highest BCUT2D eigenvalue weighted by atomic mass is 16.5. The number of ether oxygens (including phenoxy) is 2. The van der Waals surface area contributed by atoms with Crippen molar-refractivity contribution in [2.75, 3.05) is 19.0 Å². The molecule has 0 unspecified atom stereocenters. The molecule has 5 heteroatoms. The van der Waals surface area contributed by atoms with Crippen molar-refractivity contribution >= 4 is 17.4 Å². The van der Waals surface area contributed by atoms with E-state index in [4.69, 9.17) is 9.47 Å². The van der Waals surface area contributed by atoms with Crippen molar-refractivity contribution in [1.82, 2.24) is 0 Å². The molecule has 3 aromatic rings. The molecule has 0 aliphatic carbocycles. The van der Waals surface area contributed by atoms with Crippen LogP contribution in [0.25, 0.3) is 0 Å². The van der Waals surface area contributed by atoms with Gasteiger partial charge in [-0.2, -0.15) is 0 Å². The number of anilines is 1. The van der Waals surface area contributed by atoms with Crippen LogP contribution in [0.2, 0.25) is 0 Å². The number of para-hydroxylation sites is 3. The van der Waals surface area contributed by atoms with Gasteiger partial charge in [-0.25, -0.2) is 0 Å². The van der Waals surface area contributed by atoms with Crippen LogP contribution in [0, 0.1) is 0 Å². The van der Waals surface area contributed by atoms with E-state index < -0.39 is 0 Å². The summed E-state index contributed by atoms with van der Waals surface area (Å²) in [6.07, 6.45) is 0. The molecule has 0 aliphatic rings. The van der Waals surface area contributed by atoms with Gasteiger partial charge < -0.3 is 14.8 Å². The molecule has 3 aromatic carbocycles. The molecule has 0 atom stereocenters. The predicted molar refractivity (Wildman–Crippen MR) is 103 cm³/mol. The minimum atomic E-state index is -0.366. The van der Waals surface area contributed by atoms with E-state index in [1.165, 1.54) is 7.11 Å². The molecule has 27 heavy (non-hydrogen) atoms. The van der Waals surface area contributed by atoms with E-state index in [2.05, 4.69) is 5.32 Å². The van der Waals surface area contributed by atoms with Crippen LogP contribution in [0.1, 0.15) is 15.9 Å². The highest BCUT2D eigenvalue weighted by Crippen LogP contribution is 2.26. The molecule has 5 nitrogen and oxygen atoms in total. The summed E-state index contributed by atoms with van der Waals surface area (Å²) in [7, 11) is 1.54. The highest BCUT2D eigenvalue weighted by molar-refractivity contribution is 6.13. The summed E-state index contributed by atoms with van der Waals surface area (Å²) in [5.41, 5.74) is 1.43. The minimum Gasteiger partial charge on any atom is -0.493 e. The summed E-state index contributed by atoms with van der Waals surface area (Å²) in [5, 5.41) is 2.74. The summed E-state index contributed by atoms with van der Waals surface area (Å²) >= 11 is 0. The molecule has 0 spiro atoms. The van der Waals surface area contributed by atoms with Crippen molar-refractivity contribution in [1.29, 1.82) is 0 Å². The third-order valence-electron chi connectivity index (χ3n) is 3.91. The van der Waals surface area contributed by atoms with Crippen LogP contribution in [0.5, 0.6) is 11.5 Å². The van der Waals surface area contributed by atoms with Crippen molar-refractivity contribution < 1.29 is 19.1 Å². The molecular weight excluding hydrogens is 342 g/mol. The number of nitrogens with one attached hydrogen (secondary N) is 1. The number of carbonyl (C=O) groups excluding carboxylic acids is 2. The number of ketones is 1. The molecule has 3 rings (SSSR count). The van der Waals surface area contributed by atoms with Crippen molar-refractivity contribution in [3.63, 3.8) is 0 Å². The van der Waals surface area contributed by atoms with Gasteiger partial charge in [-0.3, -0.25) is 9.59 Å². The Bertz CT molecular complexity index is 938. The SMILES string of the molecule is COc1ccccc1OCC(=O)Nc1ccccc1C(=O)c1ccccc1. The van der Waals surface area contributed by atoms with Gasteiger partial charge in [0.25, 0.3) is 5.91 Å². The van der Waals surface area contributed by atoms with E-state index in [-0.39, 0.29) is 18.3 Å². The number of methoxy groups -OCH3 is 1. The van der Waals surface area contributed by atoms with Crippen LogP contribution < -0.4 is 14.8 Å². The van der Waals surface area contributed by atoms with Gasteiger partial charge in [0, 0.05) is 11.1 Å². The van der Waals surface area contributed by atoms with Crippen LogP contribution in [-0.4, -0.2) is 25.4 Å². The smallest absolute Gasteiger partial charge is 0.262 e. The van der Waals surface area contributed by atoms with Crippen molar-refractivity contribution in [2.24, 2.45) is 0 Å². The van der Waals surface area contributed by atoms with E-state index >= 15 is 0 Å².